The number of piperidine rings is 2. The lowest BCUT2D eigenvalue weighted by atomic mass is 9.96. The van der Waals surface area contributed by atoms with Gasteiger partial charge in [0.2, 0.25) is 0 Å². The number of hydrogen-bond donors (Lipinski definition) is 1. The highest BCUT2D eigenvalue weighted by Crippen LogP contribution is 2.34. The van der Waals surface area contributed by atoms with Gasteiger partial charge in [0.15, 0.2) is 0 Å². The van der Waals surface area contributed by atoms with Gasteiger partial charge in [-0.2, -0.15) is 0 Å². The van der Waals surface area contributed by atoms with Crippen LogP contribution in [0, 0.1) is 5.92 Å². The van der Waals surface area contributed by atoms with Crippen LogP contribution in [0.5, 0.6) is 0 Å². The minimum absolute atomic E-state index is 0.0977. The van der Waals surface area contributed by atoms with E-state index in [0.717, 1.165) is 75.5 Å². The molecule has 5 nitrogen and oxygen atoms in total. The minimum atomic E-state index is 0.0977. The van der Waals surface area contributed by atoms with E-state index >= 15 is 0 Å². The number of carbonyl (C=O) groups excluding carboxylic acids is 1. The number of aromatic nitrogens is 1. The Balaban J connectivity index is 1.04. The van der Waals surface area contributed by atoms with Crippen LogP contribution in [0.1, 0.15) is 41.5 Å². The zero-order chi connectivity index (χ0) is 21.9. The zero-order valence-corrected chi connectivity index (χ0v) is 20.5. The zero-order valence-electron chi connectivity index (χ0n) is 18.1. The predicted octanol–water partition coefficient (Wildman–Crippen LogP) is 5.81. The molecule has 4 heterocycles. The van der Waals surface area contributed by atoms with Gasteiger partial charge in [-0.1, -0.05) is 17.7 Å². The molecule has 0 saturated carbocycles. The summed E-state index contributed by atoms with van der Waals surface area (Å²) in [5.41, 5.74) is 0.985. The number of nitrogens with one attached hydrogen (secondary N) is 1. The highest BCUT2D eigenvalue weighted by molar-refractivity contribution is 7.18. The second-order valence-corrected chi connectivity index (χ2v) is 11.4. The molecule has 3 aromatic rings. The Morgan fingerprint density at radius 1 is 1.12 bits per heavy atom. The number of fused-ring (bicyclic) bond motifs is 1. The normalized spacial score (nSPS) is 19.0. The van der Waals surface area contributed by atoms with Crippen molar-refractivity contribution in [2.45, 2.75) is 38.1 Å². The molecule has 1 N–H and O–H groups in total. The van der Waals surface area contributed by atoms with Gasteiger partial charge in [-0.3, -0.25) is 4.90 Å². The first kappa shape index (κ1) is 22.1. The summed E-state index contributed by atoms with van der Waals surface area (Å²) in [6.45, 7) is 5.70. The van der Waals surface area contributed by atoms with Crippen molar-refractivity contribution in [3.05, 3.63) is 50.6 Å². The molecule has 1 aromatic carbocycles. The molecule has 0 aliphatic carbocycles. The number of urea groups is 1. The van der Waals surface area contributed by atoms with Crippen molar-refractivity contribution < 1.29 is 4.79 Å². The number of benzene rings is 1. The second kappa shape index (κ2) is 10.1. The fourth-order valence-electron chi connectivity index (χ4n) is 4.74. The van der Waals surface area contributed by atoms with Crippen LogP contribution in [0.25, 0.3) is 10.2 Å². The minimum Gasteiger partial charge on any atom is -0.338 e. The Hall–Kier alpha value is -1.67. The number of halogens is 1. The highest BCUT2D eigenvalue weighted by Gasteiger charge is 2.27. The van der Waals surface area contributed by atoms with Crippen molar-refractivity contribution in [1.29, 1.82) is 0 Å². The third-order valence-corrected chi connectivity index (χ3v) is 9.00. The van der Waals surface area contributed by atoms with E-state index in [0.29, 0.717) is 11.8 Å². The van der Waals surface area contributed by atoms with Crippen LogP contribution in [0.4, 0.5) is 4.79 Å². The van der Waals surface area contributed by atoms with E-state index < -0.39 is 0 Å². The van der Waals surface area contributed by atoms with Gasteiger partial charge in [0.25, 0.3) is 0 Å². The Labute approximate surface area is 202 Å². The quantitative estimate of drug-likeness (QED) is 0.492. The number of amides is 2. The lowest BCUT2D eigenvalue weighted by Gasteiger charge is -2.34. The van der Waals surface area contributed by atoms with E-state index in [9.17, 15) is 4.79 Å². The summed E-state index contributed by atoms with van der Waals surface area (Å²) < 4.78 is 1.19. The summed E-state index contributed by atoms with van der Waals surface area (Å²) in [4.78, 5) is 23.5. The number of thiazole rings is 1. The maximum absolute atomic E-state index is 12.7. The summed E-state index contributed by atoms with van der Waals surface area (Å²) in [5, 5.41) is 7.26. The van der Waals surface area contributed by atoms with Crippen molar-refractivity contribution in [3.8, 4) is 0 Å². The van der Waals surface area contributed by atoms with Gasteiger partial charge in [0, 0.05) is 42.0 Å². The molecule has 2 aliphatic rings. The maximum Gasteiger partial charge on any atom is 0.317 e. The van der Waals surface area contributed by atoms with E-state index in [1.54, 1.807) is 11.3 Å². The smallest absolute Gasteiger partial charge is 0.317 e. The first-order chi connectivity index (χ1) is 15.6. The molecule has 0 spiro atoms. The molecule has 5 rings (SSSR count). The summed E-state index contributed by atoms with van der Waals surface area (Å²) in [6.07, 6.45) is 4.27. The number of likely N-dealkylation sites (tertiary alicyclic amines) is 2. The lowest BCUT2D eigenvalue weighted by Crippen LogP contribution is -2.46. The summed E-state index contributed by atoms with van der Waals surface area (Å²) >= 11 is 9.70. The van der Waals surface area contributed by atoms with Crippen LogP contribution >= 0.6 is 34.3 Å². The first-order valence-corrected chi connectivity index (χ1v) is 13.5. The van der Waals surface area contributed by atoms with Crippen molar-refractivity contribution in [2.75, 3.05) is 32.7 Å². The maximum atomic E-state index is 12.7. The van der Waals surface area contributed by atoms with Gasteiger partial charge in [-0.15, -0.1) is 22.7 Å². The van der Waals surface area contributed by atoms with Crippen molar-refractivity contribution in [3.63, 3.8) is 0 Å². The Morgan fingerprint density at radius 3 is 2.69 bits per heavy atom. The molecule has 170 valence electrons. The molecule has 0 bridgehead atoms. The molecule has 8 heteroatoms. The van der Waals surface area contributed by atoms with E-state index in [1.165, 1.54) is 14.6 Å². The Kier molecular flexibility index (Phi) is 6.97. The molecule has 2 saturated heterocycles. The molecule has 32 heavy (non-hydrogen) atoms. The van der Waals surface area contributed by atoms with Gasteiger partial charge in [-0.25, -0.2) is 9.78 Å². The molecule has 2 aliphatic heterocycles. The number of hydrogen-bond acceptors (Lipinski definition) is 5. The SMILES string of the molecule is O=C(NCC1CCN(Cc2cccs2)CC1)N1CCC(c2nc3cc(Cl)ccc3s2)CC1. The average Bonchev–Trinajstić information content (AvgIpc) is 3.48. The largest absolute Gasteiger partial charge is 0.338 e. The molecule has 0 radical (unpaired) electrons. The number of nitrogens with zero attached hydrogens (tertiary/aromatic N) is 3. The van der Waals surface area contributed by atoms with Crippen LogP contribution in [-0.2, 0) is 6.54 Å². The monoisotopic (exact) mass is 488 g/mol. The first-order valence-electron chi connectivity index (χ1n) is 11.5. The summed E-state index contributed by atoms with van der Waals surface area (Å²) in [7, 11) is 0. The topological polar surface area (TPSA) is 48.5 Å². The van der Waals surface area contributed by atoms with E-state index in [1.807, 2.05) is 34.4 Å². The van der Waals surface area contributed by atoms with Crippen LogP contribution in [-0.4, -0.2) is 53.5 Å². The highest BCUT2D eigenvalue weighted by atomic mass is 35.5. The lowest BCUT2D eigenvalue weighted by molar-refractivity contribution is 0.163. The van der Waals surface area contributed by atoms with Gasteiger partial charge in [0.1, 0.15) is 0 Å². The average molecular weight is 489 g/mol. The molecule has 2 aromatic heterocycles. The fourth-order valence-corrected chi connectivity index (χ4v) is 6.77. The Bertz CT molecular complexity index is 1040. The van der Waals surface area contributed by atoms with Gasteiger partial charge in [-0.05, 0) is 74.3 Å². The number of thiophene rings is 1. The third kappa shape index (κ3) is 5.28. The molecule has 0 unspecified atom stereocenters. The molecule has 2 amide bonds. The van der Waals surface area contributed by atoms with Crippen LogP contribution in [0.15, 0.2) is 35.7 Å². The van der Waals surface area contributed by atoms with Crippen molar-refractivity contribution in [2.24, 2.45) is 5.92 Å². The van der Waals surface area contributed by atoms with Crippen molar-refractivity contribution in [1.82, 2.24) is 20.1 Å². The van der Waals surface area contributed by atoms with Crippen molar-refractivity contribution >= 4 is 50.5 Å². The van der Waals surface area contributed by atoms with Gasteiger partial charge >= 0.3 is 6.03 Å². The Morgan fingerprint density at radius 2 is 1.94 bits per heavy atom. The van der Waals surface area contributed by atoms with Crippen LogP contribution in [0.2, 0.25) is 5.02 Å². The van der Waals surface area contributed by atoms with Gasteiger partial charge in [0.05, 0.1) is 15.2 Å². The molecular formula is C24H29ClN4OS2. The number of rotatable bonds is 5. The fraction of sp³-hybridized carbons (Fsp3) is 0.500. The standard InChI is InChI=1S/C24H29ClN4OS2/c25-19-3-4-22-21(14-19)27-23(32-22)18-7-11-29(12-8-18)24(30)26-15-17-5-9-28(10-6-17)16-20-2-1-13-31-20/h1-4,13-14,17-18H,5-12,15-16H2,(H,26,30). The van der Waals surface area contributed by atoms with E-state index in [2.05, 4.69) is 27.7 Å². The van der Waals surface area contributed by atoms with E-state index in [4.69, 9.17) is 16.6 Å². The van der Waals surface area contributed by atoms with Crippen LogP contribution in [0.3, 0.4) is 0 Å². The second-order valence-electron chi connectivity index (χ2n) is 8.91. The summed E-state index contributed by atoms with van der Waals surface area (Å²) in [5.74, 6) is 1.02. The molecular weight excluding hydrogens is 460 g/mol. The predicted molar refractivity (Wildman–Crippen MR) is 134 cm³/mol. The molecule has 0 atom stereocenters. The third-order valence-electron chi connectivity index (χ3n) is 6.71. The van der Waals surface area contributed by atoms with Crippen LogP contribution < -0.4 is 5.32 Å². The molecule has 2 fully saturated rings. The van der Waals surface area contributed by atoms with E-state index in [-0.39, 0.29) is 6.03 Å². The number of carbonyl (C=O) groups is 1. The van der Waals surface area contributed by atoms with Gasteiger partial charge < -0.3 is 10.2 Å². The summed E-state index contributed by atoms with van der Waals surface area (Å²) in [6, 6.07) is 10.3.